The fourth-order valence-electron chi connectivity index (χ4n) is 5.30. The van der Waals surface area contributed by atoms with Crippen molar-refractivity contribution in [1.29, 1.82) is 0 Å². The van der Waals surface area contributed by atoms with Gasteiger partial charge in [-0.3, -0.25) is 4.90 Å². The zero-order chi connectivity index (χ0) is 24.2. The molecule has 7 nitrogen and oxygen atoms in total. The van der Waals surface area contributed by atoms with Crippen LogP contribution in [0.25, 0.3) is 0 Å². The highest BCUT2D eigenvalue weighted by molar-refractivity contribution is 5.53. The number of likely N-dealkylation sites (N-methyl/N-ethyl adjacent to an activating group) is 1. The summed E-state index contributed by atoms with van der Waals surface area (Å²) in [4.78, 5) is 4.60. The first-order valence-electron chi connectivity index (χ1n) is 12.1. The van der Waals surface area contributed by atoms with E-state index in [1.54, 1.807) is 28.4 Å². The van der Waals surface area contributed by atoms with Crippen molar-refractivity contribution < 1.29 is 24.1 Å². The molecule has 34 heavy (non-hydrogen) atoms. The second-order valence-electron chi connectivity index (χ2n) is 9.37. The van der Waals surface area contributed by atoms with Gasteiger partial charge in [-0.05, 0) is 79.4 Å². The summed E-state index contributed by atoms with van der Waals surface area (Å²) in [5.41, 5.74) is 5.10. The van der Waals surface area contributed by atoms with E-state index in [9.17, 15) is 5.11 Å². The quantitative estimate of drug-likeness (QED) is 0.573. The van der Waals surface area contributed by atoms with Crippen molar-refractivity contribution in [2.24, 2.45) is 0 Å². The lowest BCUT2D eigenvalue weighted by Crippen LogP contribution is -2.39. The standard InChI is InChI=1S/C27H38N2O5/c1-28(17-21-11-20-14-25(33-4)26(34-5)16-22(20)21)8-6-9-29-10-7-18-12-23(31-2)24(32-3)13-19(18)15-27(29)30/h12-14,16,21,27,30H,6-11,15,17H2,1-5H3/t21-,27?/m1/s1. The zero-order valence-corrected chi connectivity index (χ0v) is 21.1. The molecule has 0 aromatic heterocycles. The topological polar surface area (TPSA) is 63.6 Å². The Kier molecular flexibility index (Phi) is 7.86. The minimum Gasteiger partial charge on any atom is -0.493 e. The molecule has 1 heterocycles. The number of aliphatic hydroxyl groups is 1. The van der Waals surface area contributed by atoms with E-state index < -0.39 is 6.23 Å². The van der Waals surface area contributed by atoms with Crippen LogP contribution < -0.4 is 18.9 Å². The largest absolute Gasteiger partial charge is 0.493 e. The van der Waals surface area contributed by atoms with Gasteiger partial charge in [0.15, 0.2) is 23.0 Å². The van der Waals surface area contributed by atoms with Crippen LogP contribution in [-0.2, 0) is 19.3 Å². The normalized spacial score (nSPS) is 19.6. The van der Waals surface area contributed by atoms with Crippen LogP contribution in [0.1, 0.15) is 34.6 Å². The Morgan fingerprint density at radius 2 is 1.44 bits per heavy atom. The van der Waals surface area contributed by atoms with Gasteiger partial charge in [-0.25, -0.2) is 0 Å². The average Bonchev–Trinajstić information content (AvgIpc) is 2.98. The van der Waals surface area contributed by atoms with Crippen molar-refractivity contribution in [3.05, 3.63) is 46.5 Å². The lowest BCUT2D eigenvalue weighted by atomic mass is 9.77. The first-order chi connectivity index (χ1) is 16.5. The summed E-state index contributed by atoms with van der Waals surface area (Å²) in [6.45, 7) is 3.73. The van der Waals surface area contributed by atoms with Crippen molar-refractivity contribution in [2.75, 3.05) is 61.7 Å². The van der Waals surface area contributed by atoms with Gasteiger partial charge in [0.2, 0.25) is 0 Å². The molecule has 0 saturated heterocycles. The predicted molar refractivity (Wildman–Crippen MR) is 133 cm³/mol. The smallest absolute Gasteiger partial charge is 0.161 e. The number of hydrogen-bond donors (Lipinski definition) is 1. The van der Waals surface area contributed by atoms with Crippen molar-refractivity contribution in [1.82, 2.24) is 9.80 Å². The molecule has 0 radical (unpaired) electrons. The van der Waals surface area contributed by atoms with Gasteiger partial charge in [-0.2, -0.15) is 0 Å². The minimum absolute atomic E-state index is 0.481. The van der Waals surface area contributed by atoms with Gasteiger partial charge in [-0.15, -0.1) is 0 Å². The van der Waals surface area contributed by atoms with Crippen LogP contribution in [0.3, 0.4) is 0 Å². The Labute approximate surface area is 203 Å². The Hall–Kier alpha value is -2.48. The summed E-state index contributed by atoms with van der Waals surface area (Å²) < 4.78 is 21.8. The molecule has 1 aliphatic carbocycles. The van der Waals surface area contributed by atoms with E-state index in [1.165, 1.54) is 16.7 Å². The molecule has 7 heteroatoms. The van der Waals surface area contributed by atoms with Gasteiger partial charge < -0.3 is 29.0 Å². The fourth-order valence-corrected chi connectivity index (χ4v) is 5.30. The molecule has 2 aromatic carbocycles. The van der Waals surface area contributed by atoms with Crippen LogP contribution in [-0.4, -0.2) is 82.8 Å². The lowest BCUT2D eigenvalue weighted by Gasteiger charge is -2.34. The molecule has 0 spiro atoms. The second-order valence-corrected chi connectivity index (χ2v) is 9.37. The molecule has 0 amide bonds. The number of nitrogens with zero attached hydrogens (tertiary/aromatic N) is 2. The molecule has 0 saturated carbocycles. The fraction of sp³-hybridized carbons (Fsp3) is 0.556. The van der Waals surface area contributed by atoms with Crippen LogP contribution in [0.2, 0.25) is 0 Å². The van der Waals surface area contributed by atoms with Crippen LogP contribution in [0.4, 0.5) is 0 Å². The van der Waals surface area contributed by atoms with Crippen LogP contribution >= 0.6 is 0 Å². The molecule has 0 bridgehead atoms. The maximum absolute atomic E-state index is 10.9. The molecule has 2 aromatic rings. The lowest BCUT2D eigenvalue weighted by molar-refractivity contribution is 0.00640. The molecule has 0 fully saturated rings. The van der Waals surface area contributed by atoms with E-state index in [0.717, 1.165) is 74.0 Å². The number of hydrogen-bond acceptors (Lipinski definition) is 7. The highest BCUT2D eigenvalue weighted by Crippen LogP contribution is 2.42. The van der Waals surface area contributed by atoms with Crippen molar-refractivity contribution in [2.45, 2.75) is 37.8 Å². The molecular formula is C27H38N2O5. The van der Waals surface area contributed by atoms with Crippen LogP contribution in [0.5, 0.6) is 23.0 Å². The van der Waals surface area contributed by atoms with Gasteiger partial charge in [0.05, 0.1) is 28.4 Å². The monoisotopic (exact) mass is 470 g/mol. The minimum atomic E-state index is -0.481. The summed E-state index contributed by atoms with van der Waals surface area (Å²) in [6.07, 6.45) is 3.12. The van der Waals surface area contributed by atoms with Crippen molar-refractivity contribution >= 4 is 0 Å². The second kappa shape index (κ2) is 10.8. The van der Waals surface area contributed by atoms with Crippen LogP contribution in [0, 0.1) is 0 Å². The predicted octanol–water partition coefficient (Wildman–Crippen LogP) is 3.10. The van der Waals surface area contributed by atoms with E-state index in [2.05, 4.69) is 35.0 Å². The highest BCUT2D eigenvalue weighted by atomic mass is 16.5. The number of fused-ring (bicyclic) bond motifs is 2. The van der Waals surface area contributed by atoms with Gasteiger partial charge >= 0.3 is 0 Å². The molecule has 4 rings (SSSR count). The Bertz CT molecular complexity index is 995. The van der Waals surface area contributed by atoms with Gasteiger partial charge in [-0.1, -0.05) is 0 Å². The number of ether oxygens (including phenoxy) is 4. The third-order valence-corrected chi connectivity index (χ3v) is 7.27. The number of benzene rings is 2. The van der Waals surface area contributed by atoms with Gasteiger partial charge in [0.1, 0.15) is 6.23 Å². The van der Waals surface area contributed by atoms with Gasteiger partial charge in [0.25, 0.3) is 0 Å². The molecule has 2 aliphatic rings. The third kappa shape index (κ3) is 5.11. The summed E-state index contributed by atoms with van der Waals surface area (Å²) in [6, 6.07) is 8.30. The maximum Gasteiger partial charge on any atom is 0.161 e. The van der Waals surface area contributed by atoms with E-state index in [4.69, 9.17) is 18.9 Å². The number of aliphatic hydroxyl groups excluding tert-OH is 1. The Morgan fingerprint density at radius 3 is 2.09 bits per heavy atom. The average molecular weight is 471 g/mol. The van der Waals surface area contributed by atoms with Crippen LogP contribution in [0.15, 0.2) is 24.3 Å². The first-order valence-corrected chi connectivity index (χ1v) is 12.1. The SMILES string of the molecule is COc1cc2c(cc1OC)CC(O)N(CCCN(C)C[C@H]1Cc3cc(OC)c(OC)cc31)CC2. The zero-order valence-electron chi connectivity index (χ0n) is 21.1. The molecule has 1 unspecified atom stereocenters. The molecule has 2 atom stereocenters. The summed E-state index contributed by atoms with van der Waals surface area (Å²) in [5, 5.41) is 10.9. The highest BCUT2D eigenvalue weighted by Gasteiger charge is 2.29. The Balaban J connectivity index is 1.27. The van der Waals surface area contributed by atoms with E-state index in [-0.39, 0.29) is 0 Å². The first kappa shape index (κ1) is 24.6. The van der Waals surface area contributed by atoms with Crippen molar-refractivity contribution in [3.63, 3.8) is 0 Å². The molecular weight excluding hydrogens is 432 g/mol. The molecule has 1 N–H and O–H groups in total. The van der Waals surface area contributed by atoms with E-state index in [1.807, 2.05) is 6.07 Å². The van der Waals surface area contributed by atoms with E-state index >= 15 is 0 Å². The molecule has 186 valence electrons. The summed E-state index contributed by atoms with van der Waals surface area (Å²) >= 11 is 0. The van der Waals surface area contributed by atoms with Gasteiger partial charge in [0, 0.05) is 32.0 Å². The van der Waals surface area contributed by atoms with Crippen molar-refractivity contribution in [3.8, 4) is 23.0 Å². The number of methoxy groups -OCH3 is 4. The Morgan fingerprint density at radius 1 is 0.853 bits per heavy atom. The summed E-state index contributed by atoms with van der Waals surface area (Å²) in [7, 11) is 8.87. The van der Waals surface area contributed by atoms with E-state index in [0.29, 0.717) is 12.3 Å². The maximum atomic E-state index is 10.9. The summed E-state index contributed by atoms with van der Waals surface area (Å²) in [5.74, 6) is 3.61. The molecule has 1 aliphatic heterocycles. The number of rotatable bonds is 10. The third-order valence-electron chi connectivity index (χ3n) is 7.27.